The Morgan fingerprint density at radius 2 is 1.64 bits per heavy atom. The Morgan fingerprint density at radius 1 is 0.929 bits per heavy atom. The van der Waals surface area contributed by atoms with Crippen LogP contribution in [0.4, 0.5) is 0 Å². The molecule has 3 rings (SSSR count). The van der Waals surface area contributed by atoms with Gasteiger partial charge in [0.1, 0.15) is 5.75 Å². The zero-order valence-corrected chi connectivity index (χ0v) is 16.7. The molecule has 3 aromatic carbocycles. The molecule has 0 radical (unpaired) electrons. The average molecular weight is 373 g/mol. The molecule has 1 amide bonds. The Bertz CT molecular complexity index is 921. The van der Waals surface area contributed by atoms with Crippen molar-refractivity contribution in [1.29, 1.82) is 0 Å². The quantitative estimate of drug-likeness (QED) is 0.605. The van der Waals surface area contributed by atoms with Crippen molar-refractivity contribution >= 4 is 5.91 Å². The number of benzene rings is 3. The summed E-state index contributed by atoms with van der Waals surface area (Å²) in [6.07, 6.45) is 0.0479. The van der Waals surface area contributed by atoms with E-state index in [1.165, 1.54) is 0 Å². The van der Waals surface area contributed by atoms with Gasteiger partial charge < -0.3 is 10.1 Å². The van der Waals surface area contributed by atoms with Crippen molar-refractivity contribution in [2.75, 3.05) is 0 Å². The third kappa shape index (κ3) is 4.80. The van der Waals surface area contributed by atoms with E-state index >= 15 is 0 Å². The highest BCUT2D eigenvalue weighted by Gasteiger charge is 2.24. The lowest BCUT2D eigenvalue weighted by Crippen LogP contribution is -2.40. The maximum atomic E-state index is 13.1. The van der Waals surface area contributed by atoms with E-state index in [0.29, 0.717) is 12.2 Å². The number of carbonyl (C=O) groups excluding carboxylic acids is 1. The molecular formula is C25H27NO2. The van der Waals surface area contributed by atoms with Crippen molar-refractivity contribution in [1.82, 2.24) is 5.32 Å². The number of rotatable bonds is 7. The SMILES string of the molecule is CC[C@H](Oc1cccc(C)c1)C(=O)N[C@H](c1ccccc1)c1ccccc1C. The smallest absolute Gasteiger partial charge is 0.261 e. The van der Waals surface area contributed by atoms with Gasteiger partial charge in [-0.25, -0.2) is 0 Å². The summed E-state index contributed by atoms with van der Waals surface area (Å²) in [6, 6.07) is 25.8. The number of carbonyl (C=O) groups is 1. The Morgan fingerprint density at radius 3 is 2.32 bits per heavy atom. The van der Waals surface area contributed by atoms with E-state index in [1.54, 1.807) is 0 Å². The monoisotopic (exact) mass is 373 g/mol. The first-order chi connectivity index (χ1) is 13.6. The van der Waals surface area contributed by atoms with Gasteiger partial charge in [-0.2, -0.15) is 0 Å². The summed E-state index contributed by atoms with van der Waals surface area (Å²) in [5, 5.41) is 3.21. The van der Waals surface area contributed by atoms with Crippen molar-refractivity contribution in [3.8, 4) is 5.75 Å². The molecule has 0 saturated heterocycles. The number of ether oxygens (including phenoxy) is 1. The van der Waals surface area contributed by atoms with Gasteiger partial charge in [0.15, 0.2) is 6.10 Å². The fraction of sp³-hybridized carbons (Fsp3) is 0.240. The van der Waals surface area contributed by atoms with E-state index in [4.69, 9.17) is 4.74 Å². The van der Waals surface area contributed by atoms with E-state index in [-0.39, 0.29) is 11.9 Å². The fourth-order valence-corrected chi connectivity index (χ4v) is 3.31. The number of hydrogen-bond donors (Lipinski definition) is 1. The number of aryl methyl sites for hydroxylation is 2. The lowest BCUT2D eigenvalue weighted by molar-refractivity contribution is -0.128. The summed E-state index contributed by atoms with van der Waals surface area (Å²) in [5.74, 6) is 0.607. The van der Waals surface area contributed by atoms with Crippen LogP contribution in [0.1, 0.15) is 41.6 Å². The van der Waals surface area contributed by atoms with Crippen molar-refractivity contribution < 1.29 is 9.53 Å². The second-order valence-corrected chi connectivity index (χ2v) is 7.04. The van der Waals surface area contributed by atoms with E-state index in [1.807, 2.05) is 80.6 Å². The minimum absolute atomic E-state index is 0.110. The van der Waals surface area contributed by atoms with Gasteiger partial charge in [-0.15, -0.1) is 0 Å². The van der Waals surface area contributed by atoms with Crippen LogP contribution >= 0.6 is 0 Å². The van der Waals surface area contributed by atoms with Gasteiger partial charge in [0.25, 0.3) is 5.91 Å². The van der Waals surface area contributed by atoms with Crippen LogP contribution in [0.2, 0.25) is 0 Å². The molecule has 0 heterocycles. The van der Waals surface area contributed by atoms with E-state index in [2.05, 4.69) is 24.4 Å². The first kappa shape index (κ1) is 19.7. The minimum Gasteiger partial charge on any atom is -0.481 e. The predicted octanol–water partition coefficient (Wildman–Crippen LogP) is 5.37. The van der Waals surface area contributed by atoms with E-state index < -0.39 is 6.10 Å². The number of amides is 1. The highest BCUT2D eigenvalue weighted by atomic mass is 16.5. The van der Waals surface area contributed by atoms with Crippen LogP contribution in [0.3, 0.4) is 0 Å². The second-order valence-electron chi connectivity index (χ2n) is 7.04. The Kier molecular flexibility index (Phi) is 6.49. The van der Waals surface area contributed by atoms with Gasteiger partial charge in [0.2, 0.25) is 0 Å². The van der Waals surface area contributed by atoms with Gasteiger partial charge in [-0.3, -0.25) is 4.79 Å². The second kappa shape index (κ2) is 9.23. The van der Waals surface area contributed by atoms with Gasteiger partial charge in [0, 0.05) is 0 Å². The predicted molar refractivity (Wildman–Crippen MR) is 113 cm³/mol. The molecule has 3 aromatic rings. The summed E-state index contributed by atoms with van der Waals surface area (Å²) in [4.78, 5) is 13.1. The van der Waals surface area contributed by atoms with Crippen molar-refractivity contribution in [2.45, 2.75) is 39.3 Å². The molecule has 0 spiro atoms. The Labute approximate surface area is 167 Å². The van der Waals surface area contributed by atoms with Crippen LogP contribution in [-0.4, -0.2) is 12.0 Å². The van der Waals surface area contributed by atoms with Crippen molar-refractivity contribution in [3.05, 3.63) is 101 Å². The molecule has 0 aliphatic rings. The molecule has 3 nitrogen and oxygen atoms in total. The Hall–Kier alpha value is -3.07. The molecule has 0 fully saturated rings. The first-order valence-corrected chi connectivity index (χ1v) is 9.72. The van der Waals surface area contributed by atoms with Gasteiger partial charge in [-0.1, -0.05) is 73.7 Å². The summed E-state index contributed by atoms with van der Waals surface area (Å²) in [5.41, 5.74) is 4.39. The minimum atomic E-state index is -0.544. The fourth-order valence-electron chi connectivity index (χ4n) is 3.31. The summed E-state index contributed by atoms with van der Waals surface area (Å²) in [6.45, 7) is 6.04. The summed E-state index contributed by atoms with van der Waals surface area (Å²) >= 11 is 0. The van der Waals surface area contributed by atoms with Crippen LogP contribution in [0, 0.1) is 13.8 Å². The summed E-state index contributed by atoms with van der Waals surface area (Å²) < 4.78 is 6.00. The maximum absolute atomic E-state index is 13.1. The third-order valence-corrected chi connectivity index (χ3v) is 4.85. The molecule has 3 heteroatoms. The van der Waals surface area contributed by atoms with E-state index in [9.17, 15) is 4.79 Å². The number of nitrogens with one attached hydrogen (secondary N) is 1. The molecule has 0 aliphatic carbocycles. The maximum Gasteiger partial charge on any atom is 0.261 e. The van der Waals surface area contributed by atoms with Gasteiger partial charge in [-0.05, 0) is 54.7 Å². The normalized spacial score (nSPS) is 12.8. The van der Waals surface area contributed by atoms with Crippen LogP contribution in [0.5, 0.6) is 5.75 Å². The third-order valence-electron chi connectivity index (χ3n) is 4.85. The Balaban J connectivity index is 1.85. The molecule has 0 aliphatic heterocycles. The molecule has 2 atom stereocenters. The van der Waals surface area contributed by atoms with Crippen molar-refractivity contribution in [3.63, 3.8) is 0 Å². The molecule has 144 valence electrons. The summed E-state index contributed by atoms with van der Waals surface area (Å²) in [7, 11) is 0. The van der Waals surface area contributed by atoms with Crippen LogP contribution < -0.4 is 10.1 Å². The lowest BCUT2D eigenvalue weighted by Gasteiger charge is -2.25. The molecule has 0 aromatic heterocycles. The molecule has 1 N–H and O–H groups in total. The highest BCUT2D eigenvalue weighted by Crippen LogP contribution is 2.25. The highest BCUT2D eigenvalue weighted by molar-refractivity contribution is 5.82. The van der Waals surface area contributed by atoms with Gasteiger partial charge in [0.05, 0.1) is 6.04 Å². The van der Waals surface area contributed by atoms with Crippen LogP contribution in [-0.2, 0) is 4.79 Å². The molecular weight excluding hydrogens is 346 g/mol. The molecule has 0 saturated carbocycles. The van der Waals surface area contributed by atoms with Crippen LogP contribution in [0.15, 0.2) is 78.9 Å². The molecule has 28 heavy (non-hydrogen) atoms. The zero-order valence-electron chi connectivity index (χ0n) is 16.7. The zero-order chi connectivity index (χ0) is 19.9. The first-order valence-electron chi connectivity index (χ1n) is 9.72. The standard InChI is InChI=1S/C25H27NO2/c1-4-23(28-21-15-10-11-18(2)17-21)25(27)26-24(20-13-6-5-7-14-20)22-16-9-8-12-19(22)3/h5-17,23-24H,4H2,1-3H3,(H,26,27)/t23-,24+/m0/s1. The molecule has 0 unspecified atom stereocenters. The topological polar surface area (TPSA) is 38.3 Å². The largest absolute Gasteiger partial charge is 0.481 e. The van der Waals surface area contributed by atoms with Crippen molar-refractivity contribution in [2.24, 2.45) is 0 Å². The van der Waals surface area contributed by atoms with Gasteiger partial charge >= 0.3 is 0 Å². The van der Waals surface area contributed by atoms with E-state index in [0.717, 1.165) is 22.3 Å². The van der Waals surface area contributed by atoms with Crippen LogP contribution in [0.25, 0.3) is 0 Å². The number of hydrogen-bond acceptors (Lipinski definition) is 2. The average Bonchev–Trinajstić information content (AvgIpc) is 2.71. The molecule has 0 bridgehead atoms. The lowest BCUT2D eigenvalue weighted by atomic mass is 9.94.